The first-order chi connectivity index (χ1) is 9.15. The van der Waals surface area contributed by atoms with E-state index in [0.717, 1.165) is 5.52 Å². The smallest absolute Gasteiger partial charge is 0.407 e. The summed E-state index contributed by atoms with van der Waals surface area (Å²) in [5.74, 6) is 0.627. The van der Waals surface area contributed by atoms with Crippen LogP contribution >= 0.6 is 23.1 Å². The van der Waals surface area contributed by atoms with Crippen molar-refractivity contribution >= 4 is 39.4 Å². The average molecular weight is 297 g/mol. The van der Waals surface area contributed by atoms with E-state index >= 15 is 0 Å². The molecule has 0 aromatic carbocycles. The van der Waals surface area contributed by atoms with E-state index in [1.165, 1.54) is 23.1 Å². The molecule has 0 saturated carbocycles. The first-order valence-electron chi connectivity index (χ1n) is 5.65. The minimum absolute atomic E-state index is 0.0331. The Balaban J connectivity index is 1.82. The van der Waals surface area contributed by atoms with Crippen molar-refractivity contribution in [1.82, 2.24) is 14.9 Å². The Hall–Kier alpha value is -1.54. The van der Waals surface area contributed by atoms with Gasteiger partial charge in [-0.2, -0.15) is 0 Å². The number of hydrogen-bond donors (Lipinski definition) is 1. The zero-order valence-electron chi connectivity index (χ0n) is 10.1. The second-order valence-corrected chi connectivity index (χ2v) is 6.05. The quantitative estimate of drug-likeness (QED) is 0.680. The molecule has 8 heteroatoms. The number of fused-ring (bicyclic) bond motifs is 1. The summed E-state index contributed by atoms with van der Waals surface area (Å²) in [6, 6.07) is 1.80. The van der Waals surface area contributed by atoms with Crippen molar-refractivity contribution in [2.45, 2.75) is 11.2 Å². The third-order valence-electron chi connectivity index (χ3n) is 2.80. The Morgan fingerprint density at radius 2 is 2.47 bits per heavy atom. The molecule has 3 heterocycles. The monoisotopic (exact) mass is 297 g/mol. The maximum Gasteiger partial charge on any atom is 0.407 e. The highest BCUT2D eigenvalue weighted by atomic mass is 32.2. The van der Waals surface area contributed by atoms with Crippen LogP contribution < -0.4 is 10.9 Å². The number of ether oxygens (including phenoxy) is 1. The molecule has 19 heavy (non-hydrogen) atoms. The van der Waals surface area contributed by atoms with Gasteiger partial charge >= 0.3 is 6.09 Å². The Kier molecular flexibility index (Phi) is 3.19. The number of nitrogens with zero attached hydrogens (tertiary/aromatic N) is 2. The molecule has 2 aromatic rings. The summed E-state index contributed by atoms with van der Waals surface area (Å²) in [5, 5.41) is 5.20. The van der Waals surface area contributed by atoms with E-state index in [9.17, 15) is 9.59 Å². The highest BCUT2D eigenvalue weighted by Gasteiger charge is 2.22. The lowest BCUT2D eigenvalue weighted by molar-refractivity contribution is 0.177. The van der Waals surface area contributed by atoms with E-state index < -0.39 is 0 Å². The Bertz CT molecular complexity index is 694. The van der Waals surface area contributed by atoms with Gasteiger partial charge in [-0.25, -0.2) is 9.78 Å². The van der Waals surface area contributed by atoms with Gasteiger partial charge in [0, 0.05) is 12.8 Å². The van der Waals surface area contributed by atoms with Crippen LogP contribution in [0.4, 0.5) is 4.79 Å². The Labute approximate surface area is 116 Å². The van der Waals surface area contributed by atoms with Crippen molar-refractivity contribution in [3.8, 4) is 0 Å². The highest BCUT2D eigenvalue weighted by molar-refractivity contribution is 7.99. The number of hydrogen-bond acceptors (Lipinski definition) is 6. The van der Waals surface area contributed by atoms with Gasteiger partial charge in [0.1, 0.15) is 11.3 Å². The van der Waals surface area contributed by atoms with Gasteiger partial charge in [-0.15, -0.1) is 11.3 Å². The molecule has 0 bridgehead atoms. The standard InChI is InChI=1S/C11H11N3O3S2/c1-14-9(15)8-7(2-3-18-8)13-10(14)19-5-6-4-17-11(16)12-6/h2-3,6H,4-5H2,1H3,(H,12,16)/t6-/m0/s1. The predicted molar refractivity (Wildman–Crippen MR) is 73.9 cm³/mol. The van der Waals surface area contributed by atoms with Gasteiger partial charge in [0.25, 0.3) is 5.56 Å². The largest absolute Gasteiger partial charge is 0.447 e. The van der Waals surface area contributed by atoms with E-state index in [-0.39, 0.29) is 17.7 Å². The van der Waals surface area contributed by atoms with E-state index in [4.69, 9.17) is 4.74 Å². The summed E-state index contributed by atoms with van der Waals surface area (Å²) in [6.45, 7) is 0.362. The number of carbonyl (C=O) groups is 1. The fourth-order valence-corrected chi connectivity index (χ4v) is 3.56. The number of thioether (sulfide) groups is 1. The van der Waals surface area contributed by atoms with Gasteiger partial charge in [0.2, 0.25) is 0 Å². The number of aromatic nitrogens is 2. The molecule has 6 nitrogen and oxygen atoms in total. The van der Waals surface area contributed by atoms with Gasteiger partial charge in [0.05, 0.1) is 11.6 Å². The van der Waals surface area contributed by atoms with E-state index in [2.05, 4.69) is 10.3 Å². The molecule has 1 atom stereocenters. The van der Waals surface area contributed by atoms with Gasteiger partial charge in [-0.1, -0.05) is 11.8 Å². The van der Waals surface area contributed by atoms with Gasteiger partial charge in [-0.3, -0.25) is 9.36 Å². The first-order valence-corrected chi connectivity index (χ1v) is 7.52. The van der Waals surface area contributed by atoms with E-state index in [1.807, 2.05) is 11.4 Å². The second kappa shape index (κ2) is 4.86. The summed E-state index contributed by atoms with van der Waals surface area (Å²) in [4.78, 5) is 27.5. The molecule has 1 N–H and O–H groups in total. The molecular weight excluding hydrogens is 286 g/mol. The van der Waals surface area contributed by atoms with Crippen LogP contribution in [0.2, 0.25) is 0 Å². The summed E-state index contributed by atoms with van der Waals surface area (Å²) in [6.07, 6.45) is -0.388. The Morgan fingerprint density at radius 1 is 1.63 bits per heavy atom. The van der Waals surface area contributed by atoms with Crippen LogP contribution in [0.3, 0.4) is 0 Å². The fraction of sp³-hybridized carbons (Fsp3) is 0.364. The van der Waals surface area contributed by atoms with Crippen molar-refractivity contribution in [2.24, 2.45) is 7.05 Å². The minimum atomic E-state index is -0.388. The number of alkyl carbamates (subject to hydrolysis) is 1. The number of carbonyl (C=O) groups excluding carboxylic acids is 1. The number of cyclic esters (lactones) is 1. The molecule has 1 saturated heterocycles. The van der Waals surface area contributed by atoms with Crippen molar-refractivity contribution in [3.05, 3.63) is 21.8 Å². The molecule has 1 fully saturated rings. The maximum absolute atomic E-state index is 12.1. The topological polar surface area (TPSA) is 73.2 Å². The third-order valence-corrected chi connectivity index (χ3v) is 4.88. The number of thiophene rings is 1. The minimum Gasteiger partial charge on any atom is -0.447 e. The molecule has 0 unspecified atom stereocenters. The van der Waals surface area contributed by atoms with E-state index in [0.29, 0.717) is 22.2 Å². The number of rotatable bonds is 3. The zero-order valence-corrected chi connectivity index (χ0v) is 11.7. The maximum atomic E-state index is 12.1. The summed E-state index contributed by atoms with van der Waals surface area (Å²) < 4.78 is 7.03. The van der Waals surface area contributed by atoms with Crippen LogP contribution in [0, 0.1) is 0 Å². The lowest BCUT2D eigenvalue weighted by Gasteiger charge is -2.09. The molecule has 0 aliphatic carbocycles. The molecule has 1 amide bonds. The van der Waals surface area contributed by atoms with Gasteiger partial charge < -0.3 is 10.1 Å². The third kappa shape index (κ3) is 2.33. The molecule has 1 aliphatic heterocycles. The summed E-state index contributed by atoms with van der Waals surface area (Å²) in [5.41, 5.74) is 0.691. The summed E-state index contributed by atoms with van der Waals surface area (Å²) >= 11 is 2.84. The van der Waals surface area contributed by atoms with Crippen LogP contribution in [-0.4, -0.2) is 34.0 Å². The molecule has 0 spiro atoms. The molecule has 100 valence electrons. The summed E-state index contributed by atoms with van der Waals surface area (Å²) in [7, 11) is 1.71. The molecule has 0 radical (unpaired) electrons. The van der Waals surface area contributed by atoms with Crippen LogP contribution in [0.15, 0.2) is 21.4 Å². The highest BCUT2D eigenvalue weighted by Crippen LogP contribution is 2.21. The van der Waals surface area contributed by atoms with Crippen molar-refractivity contribution < 1.29 is 9.53 Å². The SMILES string of the molecule is Cn1c(SC[C@@H]2COC(=O)N2)nc2ccsc2c1=O. The van der Waals surface area contributed by atoms with Crippen molar-refractivity contribution in [1.29, 1.82) is 0 Å². The van der Waals surface area contributed by atoms with Gasteiger partial charge in [-0.05, 0) is 11.4 Å². The fourth-order valence-electron chi connectivity index (χ4n) is 1.79. The second-order valence-electron chi connectivity index (χ2n) is 4.14. The first kappa shape index (κ1) is 12.5. The zero-order chi connectivity index (χ0) is 13.4. The molecule has 1 aliphatic rings. The Morgan fingerprint density at radius 3 is 3.21 bits per heavy atom. The van der Waals surface area contributed by atoms with Crippen LogP contribution in [0.5, 0.6) is 0 Å². The van der Waals surface area contributed by atoms with Crippen LogP contribution in [-0.2, 0) is 11.8 Å². The normalized spacial score (nSPS) is 18.6. The number of nitrogens with one attached hydrogen (secondary N) is 1. The van der Waals surface area contributed by atoms with Crippen molar-refractivity contribution in [3.63, 3.8) is 0 Å². The van der Waals surface area contributed by atoms with Crippen LogP contribution in [0.25, 0.3) is 10.2 Å². The van der Waals surface area contributed by atoms with E-state index in [1.54, 1.807) is 11.6 Å². The predicted octanol–water partition coefficient (Wildman–Crippen LogP) is 1.20. The van der Waals surface area contributed by atoms with Crippen molar-refractivity contribution in [2.75, 3.05) is 12.4 Å². The lowest BCUT2D eigenvalue weighted by atomic mass is 10.4. The number of amides is 1. The molecule has 2 aromatic heterocycles. The molecular formula is C11H11N3O3S2. The van der Waals surface area contributed by atoms with Gasteiger partial charge in [0.15, 0.2) is 5.16 Å². The lowest BCUT2D eigenvalue weighted by Crippen LogP contribution is -2.29. The average Bonchev–Trinajstić information content (AvgIpc) is 3.01. The molecule has 3 rings (SSSR count). The van der Waals surface area contributed by atoms with Crippen LogP contribution in [0.1, 0.15) is 0 Å².